The zero-order chi connectivity index (χ0) is 25.4. The lowest BCUT2D eigenvalue weighted by Gasteiger charge is -2.45. The van der Waals surface area contributed by atoms with Gasteiger partial charge in [0.15, 0.2) is 0 Å². The fourth-order valence-corrected chi connectivity index (χ4v) is 7.91. The summed E-state index contributed by atoms with van der Waals surface area (Å²) >= 11 is 19.0. The molecule has 2 aromatic carbocycles. The van der Waals surface area contributed by atoms with E-state index < -0.39 is 10.0 Å². The Morgan fingerprint density at radius 1 is 0.889 bits per heavy atom. The highest BCUT2D eigenvalue weighted by molar-refractivity contribution is 7.90. The minimum absolute atomic E-state index is 0.127. The normalized spacial score (nSPS) is 23.7. The standard InChI is InChI=1S/C26H33Cl3N4O2S/c1-19(31-11-13-32(14-12-31)36(34,35)23-7-8-23)17-30-10-15-33(25-9-6-22(28)16-24(25)29)26(18-30)20-2-4-21(27)5-3-20/h2-6,9,16,19,23,26H,7-8,10-15,17-18H2,1H3/t19?,26-/m0/s1. The maximum Gasteiger partial charge on any atom is 0.217 e. The van der Waals surface area contributed by atoms with Crippen molar-refractivity contribution in [1.82, 2.24) is 14.1 Å². The largest absolute Gasteiger partial charge is 0.361 e. The molecule has 6 nitrogen and oxygen atoms in total. The third-order valence-corrected chi connectivity index (χ3v) is 10.9. The molecule has 0 N–H and O–H groups in total. The van der Waals surface area contributed by atoms with Crippen LogP contribution in [-0.4, -0.2) is 86.2 Å². The minimum atomic E-state index is -3.08. The molecular formula is C26H33Cl3N4O2S. The minimum Gasteiger partial charge on any atom is -0.361 e. The molecule has 2 aliphatic heterocycles. The van der Waals surface area contributed by atoms with Gasteiger partial charge in [-0.2, -0.15) is 4.31 Å². The summed E-state index contributed by atoms with van der Waals surface area (Å²) < 4.78 is 26.9. The SMILES string of the molecule is CC(CN1CCN(c2ccc(Cl)cc2Cl)[C@H](c2ccc(Cl)cc2)C1)N1CCN(S(=O)(=O)C2CC2)CC1. The van der Waals surface area contributed by atoms with Crippen LogP contribution in [0, 0.1) is 0 Å². The van der Waals surface area contributed by atoms with Gasteiger partial charge in [-0.15, -0.1) is 0 Å². The first kappa shape index (κ1) is 26.5. The molecule has 2 saturated heterocycles. The Hall–Kier alpha value is -1.06. The summed E-state index contributed by atoms with van der Waals surface area (Å²) in [4.78, 5) is 7.31. The predicted molar refractivity (Wildman–Crippen MR) is 149 cm³/mol. The molecule has 2 aromatic rings. The summed E-state index contributed by atoms with van der Waals surface area (Å²) in [5, 5.41) is 1.88. The van der Waals surface area contributed by atoms with Gasteiger partial charge in [-0.05, 0) is 55.7 Å². The third kappa shape index (κ3) is 5.83. The summed E-state index contributed by atoms with van der Waals surface area (Å²) in [7, 11) is -3.08. The van der Waals surface area contributed by atoms with E-state index in [4.69, 9.17) is 34.8 Å². The van der Waals surface area contributed by atoms with E-state index in [1.165, 1.54) is 5.56 Å². The average molecular weight is 572 g/mol. The molecule has 1 aliphatic carbocycles. The summed E-state index contributed by atoms with van der Waals surface area (Å²) in [5.74, 6) is 0. The summed E-state index contributed by atoms with van der Waals surface area (Å²) in [6.45, 7) is 8.58. The molecule has 196 valence electrons. The van der Waals surface area contributed by atoms with Gasteiger partial charge in [-0.1, -0.05) is 46.9 Å². The predicted octanol–water partition coefficient (Wildman–Crippen LogP) is 5.01. The smallest absolute Gasteiger partial charge is 0.217 e. The number of sulfonamides is 1. The monoisotopic (exact) mass is 570 g/mol. The molecule has 0 bridgehead atoms. The van der Waals surface area contributed by atoms with Gasteiger partial charge in [-0.25, -0.2) is 8.42 Å². The number of halogens is 3. The van der Waals surface area contributed by atoms with Crippen molar-refractivity contribution in [2.45, 2.75) is 37.1 Å². The van der Waals surface area contributed by atoms with Crippen LogP contribution in [0.1, 0.15) is 31.4 Å². The lowest BCUT2D eigenvalue weighted by Crippen LogP contribution is -2.56. The molecule has 1 saturated carbocycles. The molecule has 36 heavy (non-hydrogen) atoms. The Morgan fingerprint density at radius 2 is 1.56 bits per heavy atom. The highest BCUT2D eigenvalue weighted by Crippen LogP contribution is 2.37. The molecule has 5 rings (SSSR count). The van der Waals surface area contributed by atoms with Crippen LogP contribution in [-0.2, 0) is 10.0 Å². The van der Waals surface area contributed by atoms with Gasteiger partial charge in [0.05, 0.1) is 22.0 Å². The van der Waals surface area contributed by atoms with Crippen molar-refractivity contribution < 1.29 is 8.42 Å². The first-order valence-corrected chi connectivity index (χ1v) is 15.3. The van der Waals surface area contributed by atoms with Gasteiger partial charge in [0, 0.05) is 68.4 Å². The summed E-state index contributed by atoms with van der Waals surface area (Å²) in [6.07, 6.45) is 1.64. The van der Waals surface area contributed by atoms with Crippen LogP contribution < -0.4 is 4.90 Å². The van der Waals surface area contributed by atoms with Gasteiger partial charge in [0.1, 0.15) is 0 Å². The zero-order valence-corrected chi connectivity index (χ0v) is 23.6. The molecule has 3 aliphatic rings. The van der Waals surface area contributed by atoms with Gasteiger partial charge >= 0.3 is 0 Å². The van der Waals surface area contributed by atoms with Crippen molar-refractivity contribution in [3.05, 3.63) is 63.1 Å². The van der Waals surface area contributed by atoms with E-state index in [-0.39, 0.29) is 11.3 Å². The van der Waals surface area contributed by atoms with E-state index >= 15 is 0 Å². The highest BCUT2D eigenvalue weighted by atomic mass is 35.5. The van der Waals surface area contributed by atoms with Crippen LogP contribution in [0.2, 0.25) is 15.1 Å². The maximum absolute atomic E-state index is 12.6. The Bertz CT molecular complexity index is 1170. The Morgan fingerprint density at radius 3 is 2.19 bits per heavy atom. The fourth-order valence-electron chi connectivity index (χ4n) is 5.44. The average Bonchev–Trinajstić information content (AvgIpc) is 3.71. The van der Waals surface area contributed by atoms with Crippen molar-refractivity contribution in [1.29, 1.82) is 0 Å². The maximum atomic E-state index is 12.6. The van der Waals surface area contributed by atoms with Crippen LogP contribution in [0.15, 0.2) is 42.5 Å². The third-order valence-electron chi connectivity index (χ3n) is 7.66. The lowest BCUT2D eigenvalue weighted by atomic mass is 10.0. The number of rotatable bonds is 7. The van der Waals surface area contributed by atoms with Crippen LogP contribution in [0.3, 0.4) is 0 Å². The van der Waals surface area contributed by atoms with Crippen molar-refractivity contribution >= 4 is 50.5 Å². The molecule has 2 heterocycles. The topological polar surface area (TPSA) is 47.1 Å². The van der Waals surface area contributed by atoms with E-state index in [2.05, 4.69) is 33.8 Å². The number of nitrogens with zero attached hydrogens (tertiary/aromatic N) is 4. The lowest BCUT2D eigenvalue weighted by molar-refractivity contribution is 0.103. The Kier molecular flexibility index (Phi) is 8.09. The zero-order valence-electron chi connectivity index (χ0n) is 20.5. The van der Waals surface area contributed by atoms with Crippen molar-refractivity contribution in [2.24, 2.45) is 0 Å². The molecule has 3 fully saturated rings. The number of hydrogen-bond acceptors (Lipinski definition) is 5. The molecule has 0 amide bonds. The molecular weight excluding hydrogens is 539 g/mol. The number of anilines is 1. The van der Waals surface area contributed by atoms with E-state index in [0.717, 1.165) is 62.8 Å². The first-order valence-electron chi connectivity index (χ1n) is 12.6. The van der Waals surface area contributed by atoms with Gasteiger partial charge in [0.25, 0.3) is 0 Å². The summed E-state index contributed by atoms with van der Waals surface area (Å²) in [6, 6.07) is 14.2. The summed E-state index contributed by atoms with van der Waals surface area (Å²) in [5.41, 5.74) is 2.18. The van der Waals surface area contributed by atoms with E-state index in [9.17, 15) is 8.42 Å². The highest BCUT2D eigenvalue weighted by Gasteiger charge is 2.41. The second-order valence-electron chi connectivity index (χ2n) is 10.1. The molecule has 10 heteroatoms. The van der Waals surface area contributed by atoms with E-state index in [1.807, 2.05) is 24.3 Å². The van der Waals surface area contributed by atoms with Gasteiger partial charge < -0.3 is 4.90 Å². The number of hydrogen-bond donors (Lipinski definition) is 0. The van der Waals surface area contributed by atoms with Crippen molar-refractivity contribution in [2.75, 3.05) is 57.3 Å². The fraction of sp³-hybridized carbons (Fsp3) is 0.538. The molecule has 0 aromatic heterocycles. The van der Waals surface area contributed by atoms with Gasteiger partial charge in [0.2, 0.25) is 10.0 Å². The Labute approximate surface area is 229 Å². The number of piperazine rings is 2. The second-order valence-corrected chi connectivity index (χ2v) is 13.6. The first-order chi connectivity index (χ1) is 17.2. The van der Waals surface area contributed by atoms with Gasteiger partial charge in [-0.3, -0.25) is 9.80 Å². The van der Waals surface area contributed by atoms with Crippen LogP contribution in [0.25, 0.3) is 0 Å². The Balaban J connectivity index is 1.26. The van der Waals surface area contributed by atoms with E-state index in [0.29, 0.717) is 29.2 Å². The molecule has 0 spiro atoms. The van der Waals surface area contributed by atoms with Crippen LogP contribution in [0.4, 0.5) is 5.69 Å². The molecule has 2 atom stereocenters. The second kappa shape index (κ2) is 11.0. The van der Waals surface area contributed by atoms with Crippen molar-refractivity contribution in [3.63, 3.8) is 0 Å². The number of benzene rings is 2. The van der Waals surface area contributed by atoms with E-state index in [1.54, 1.807) is 10.4 Å². The van der Waals surface area contributed by atoms with Crippen molar-refractivity contribution in [3.8, 4) is 0 Å². The molecule has 1 unspecified atom stereocenters. The molecule has 0 radical (unpaired) electrons. The van der Waals surface area contributed by atoms with Crippen LogP contribution in [0.5, 0.6) is 0 Å². The van der Waals surface area contributed by atoms with Crippen LogP contribution >= 0.6 is 34.8 Å². The quantitative estimate of drug-likeness (QED) is 0.468.